The van der Waals surface area contributed by atoms with Gasteiger partial charge in [0.25, 0.3) is 0 Å². The molecule has 0 saturated heterocycles. The highest BCUT2D eigenvalue weighted by molar-refractivity contribution is 7.15. The maximum atomic E-state index is 6.24. The number of aromatic nitrogens is 2. The van der Waals surface area contributed by atoms with Gasteiger partial charge in [0.2, 0.25) is 0 Å². The van der Waals surface area contributed by atoms with Gasteiger partial charge in [0, 0.05) is 28.4 Å². The van der Waals surface area contributed by atoms with Crippen molar-refractivity contribution in [1.29, 1.82) is 0 Å². The second-order valence-corrected chi connectivity index (χ2v) is 7.45. The maximum Gasteiger partial charge on any atom is 0.169 e. The Morgan fingerprint density at radius 2 is 2.16 bits per heavy atom. The number of hydrogen-bond donors (Lipinski definition) is 1. The number of rotatable bonds is 1. The van der Waals surface area contributed by atoms with Gasteiger partial charge in [-0.15, -0.1) is 11.3 Å². The molecule has 19 heavy (non-hydrogen) atoms. The Labute approximate surface area is 117 Å². The van der Waals surface area contributed by atoms with Crippen LogP contribution in [0.15, 0.2) is 18.3 Å². The molecule has 3 nitrogen and oxygen atoms in total. The van der Waals surface area contributed by atoms with E-state index in [-0.39, 0.29) is 11.5 Å². The second-order valence-electron chi connectivity index (χ2n) is 6.16. The Morgan fingerprint density at radius 3 is 2.84 bits per heavy atom. The van der Waals surface area contributed by atoms with Crippen LogP contribution in [0.5, 0.6) is 0 Å². The van der Waals surface area contributed by atoms with E-state index in [9.17, 15) is 0 Å². The Bertz CT molecular complexity index is 616. The summed E-state index contributed by atoms with van der Waals surface area (Å²) in [5.74, 6) is 0.835. The summed E-state index contributed by atoms with van der Waals surface area (Å²) < 4.78 is 0. The zero-order valence-corrected chi connectivity index (χ0v) is 12.4. The van der Waals surface area contributed by atoms with Crippen LogP contribution >= 0.6 is 11.3 Å². The molecule has 0 radical (unpaired) electrons. The van der Waals surface area contributed by atoms with Crippen LogP contribution in [-0.2, 0) is 6.42 Å². The molecule has 0 bridgehead atoms. The Hall–Kier alpha value is -1.26. The lowest BCUT2D eigenvalue weighted by Gasteiger charge is -2.34. The fourth-order valence-corrected chi connectivity index (χ4v) is 3.59. The quantitative estimate of drug-likeness (QED) is 0.865. The lowest BCUT2D eigenvalue weighted by atomic mass is 9.74. The third kappa shape index (κ3) is 2.42. The van der Waals surface area contributed by atoms with Crippen molar-refractivity contribution in [2.75, 3.05) is 0 Å². The van der Waals surface area contributed by atoms with E-state index in [0.717, 1.165) is 34.8 Å². The van der Waals surface area contributed by atoms with Crippen LogP contribution in [0.3, 0.4) is 0 Å². The van der Waals surface area contributed by atoms with Crippen LogP contribution in [0.2, 0.25) is 0 Å². The minimum absolute atomic E-state index is 0.0675. The zero-order chi connectivity index (χ0) is 13.6. The summed E-state index contributed by atoms with van der Waals surface area (Å²) >= 11 is 1.74. The molecule has 0 spiro atoms. The van der Waals surface area contributed by atoms with Gasteiger partial charge in [-0.05, 0) is 37.3 Å². The molecule has 2 aromatic heterocycles. The summed E-state index contributed by atoms with van der Waals surface area (Å²) in [6.45, 7) is 6.62. The Morgan fingerprint density at radius 1 is 1.37 bits per heavy atom. The average Bonchev–Trinajstić information content (AvgIpc) is 2.73. The van der Waals surface area contributed by atoms with Crippen molar-refractivity contribution in [3.8, 4) is 10.7 Å². The van der Waals surface area contributed by atoms with Gasteiger partial charge in [-0.25, -0.2) is 9.97 Å². The largest absolute Gasteiger partial charge is 0.324 e. The van der Waals surface area contributed by atoms with Crippen molar-refractivity contribution < 1.29 is 0 Å². The first-order chi connectivity index (χ1) is 8.94. The van der Waals surface area contributed by atoms with Crippen molar-refractivity contribution in [2.24, 2.45) is 11.1 Å². The lowest BCUT2D eigenvalue weighted by molar-refractivity contribution is 0.278. The van der Waals surface area contributed by atoms with E-state index >= 15 is 0 Å². The predicted octanol–water partition coefficient (Wildman–Crippen LogP) is 3.49. The minimum atomic E-state index is 0.0675. The van der Waals surface area contributed by atoms with Crippen molar-refractivity contribution in [3.63, 3.8) is 0 Å². The molecule has 2 heterocycles. The van der Waals surface area contributed by atoms with Gasteiger partial charge in [-0.2, -0.15) is 0 Å². The van der Waals surface area contributed by atoms with E-state index in [1.165, 1.54) is 4.88 Å². The van der Waals surface area contributed by atoms with Crippen LogP contribution in [-0.4, -0.2) is 9.97 Å². The fourth-order valence-electron chi connectivity index (χ4n) is 2.78. The third-order valence-corrected chi connectivity index (χ3v) is 4.68. The molecule has 0 saturated carbocycles. The summed E-state index contributed by atoms with van der Waals surface area (Å²) in [5.41, 5.74) is 8.71. The van der Waals surface area contributed by atoms with Gasteiger partial charge in [-0.1, -0.05) is 13.8 Å². The van der Waals surface area contributed by atoms with Gasteiger partial charge in [0.05, 0.1) is 4.88 Å². The molecular weight excluding hydrogens is 254 g/mol. The first kappa shape index (κ1) is 12.8. The molecule has 0 aromatic carbocycles. The number of hydrogen-bond acceptors (Lipinski definition) is 4. The predicted molar refractivity (Wildman–Crippen MR) is 79.1 cm³/mol. The maximum absolute atomic E-state index is 6.24. The zero-order valence-electron chi connectivity index (χ0n) is 11.6. The highest BCUT2D eigenvalue weighted by atomic mass is 32.1. The normalized spacial score (nSPS) is 21.2. The molecule has 1 aliphatic rings. The smallest absolute Gasteiger partial charge is 0.169 e. The van der Waals surface area contributed by atoms with Gasteiger partial charge in [0.15, 0.2) is 5.82 Å². The van der Waals surface area contributed by atoms with E-state index < -0.39 is 0 Å². The van der Waals surface area contributed by atoms with E-state index in [0.29, 0.717) is 0 Å². The number of nitrogens with zero attached hydrogens (tertiary/aromatic N) is 2. The highest BCUT2D eigenvalue weighted by Gasteiger charge is 2.31. The summed E-state index contributed by atoms with van der Waals surface area (Å²) in [7, 11) is 0. The second kappa shape index (κ2) is 4.39. The topological polar surface area (TPSA) is 51.8 Å². The first-order valence-electron chi connectivity index (χ1n) is 6.63. The van der Waals surface area contributed by atoms with E-state index in [1.807, 2.05) is 6.20 Å². The number of fused-ring (bicyclic) bond motifs is 1. The molecule has 0 amide bonds. The first-order valence-corrected chi connectivity index (χ1v) is 7.44. The van der Waals surface area contributed by atoms with Crippen LogP contribution in [0.25, 0.3) is 10.7 Å². The summed E-state index contributed by atoms with van der Waals surface area (Å²) in [4.78, 5) is 11.7. The molecule has 2 N–H and O–H groups in total. The summed E-state index contributed by atoms with van der Waals surface area (Å²) in [6.07, 6.45) is 3.91. The van der Waals surface area contributed by atoms with Gasteiger partial charge in [-0.3, -0.25) is 0 Å². The molecule has 100 valence electrons. The van der Waals surface area contributed by atoms with Crippen LogP contribution < -0.4 is 5.73 Å². The molecule has 1 unspecified atom stereocenters. The van der Waals surface area contributed by atoms with Crippen molar-refractivity contribution in [2.45, 2.75) is 39.7 Å². The highest BCUT2D eigenvalue weighted by Crippen LogP contribution is 2.39. The molecule has 4 heteroatoms. The monoisotopic (exact) mass is 273 g/mol. The molecule has 0 aliphatic heterocycles. The van der Waals surface area contributed by atoms with E-state index in [2.05, 4.69) is 37.9 Å². The minimum Gasteiger partial charge on any atom is -0.324 e. The Balaban J connectivity index is 2.04. The molecule has 0 fully saturated rings. The number of nitrogens with two attached hydrogens (primary N) is 1. The molecule has 1 atom stereocenters. The molecular formula is C15H19N3S. The van der Waals surface area contributed by atoms with E-state index in [4.69, 9.17) is 10.7 Å². The van der Waals surface area contributed by atoms with Crippen molar-refractivity contribution in [1.82, 2.24) is 9.97 Å². The van der Waals surface area contributed by atoms with Gasteiger partial charge < -0.3 is 5.73 Å². The standard InChI is InChI=1S/C15H19N3S/c1-9-4-5-13(19-9)14-17-8-10-11(16)6-15(2,3)7-12(10)18-14/h4-5,8,11H,6-7,16H2,1-3H3. The van der Waals surface area contributed by atoms with Crippen LogP contribution in [0.4, 0.5) is 0 Å². The van der Waals surface area contributed by atoms with E-state index in [1.54, 1.807) is 11.3 Å². The summed E-state index contributed by atoms with van der Waals surface area (Å²) in [6, 6.07) is 4.27. The molecule has 2 aromatic rings. The number of thiophene rings is 1. The average molecular weight is 273 g/mol. The Kier molecular flexibility index (Phi) is 2.95. The lowest BCUT2D eigenvalue weighted by Crippen LogP contribution is -2.30. The van der Waals surface area contributed by atoms with Crippen LogP contribution in [0, 0.1) is 12.3 Å². The fraction of sp³-hybridized carbons (Fsp3) is 0.467. The number of aryl methyl sites for hydroxylation is 1. The molecule has 3 rings (SSSR count). The van der Waals surface area contributed by atoms with Gasteiger partial charge in [0.1, 0.15) is 0 Å². The molecule has 1 aliphatic carbocycles. The third-order valence-electron chi connectivity index (χ3n) is 3.68. The van der Waals surface area contributed by atoms with Gasteiger partial charge >= 0.3 is 0 Å². The SMILES string of the molecule is Cc1ccc(-c2ncc3c(n2)CC(C)(C)CC3N)s1. The van der Waals surface area contributed by atoms with Crippen LogP contribution in [0.1, 0.15) is 42.4 Å². The van der Waals surface area contributed by atoms with Crippen molar-refractivity contribution in [3.05, 3.63) is 34.5 Å². The van der Waals surface area contributed by atoms with Crippen molar-refractivity contribution >= 4 is 11.3 Å². The summed E-state index contributed by atoms with van der Waals surface area (Å²) in [5, 5.41) is 0.